The highest BCUT2D eigenvalue weighted by Gasteiger charge is 2.16. The molecule has 2 aromatic carbocycles. The minimum atomic E-state index is -2.70. The van der Waals surface area contributed by atoms with Crippen LogP contribution in [0.2, 0.25) is 0 Å². The molecule has 0 atom stereocenters. The lowest BCUT2D eigenvalue weighted by molar-refractivity contribution is 0.102. The highest BCUT2D eigenvalue weighted by atomic mass is 32.1. The molecule has 4 aromatic rings. The molecule has 0 saturated heterocycles. The number of fused-ring (bicyclic) bond motifs is 2. The Morgan fingerprint density at radius 3 is 2.97 bits per heavy atom. The maximum atomic E-state index is 12.8. The summed E-state index contributed by atoms with van der Waals surface area (Å²) >= 11 is 1.32. The lowest BCUT2D eigenvalue weighted by Crippen LogP contribution is -2.11. The number of aromatic nitrogens is 3. The molecule has 0 spiro atoms. The number of anilines is 1. The van der Waals surface area contributed by atoms with Crippen molar-refractivity contribution in [3.05, 3.63) is 58.7 Å². The van der Waals surface area contributed by atoms with Crippen molar-refractivity contribution in [1.29, 1.82) is 0 Å². The molecule has 6 nitrogen and oxygen atoms in total. The number of benzene rings is 2. The number of carbonyl (C=O) groups excluding carboxylic acids is 1. The normalized spacial score (nSPS) is 12.9. The molecule has 1 aliphatic heterocycles. The third-order valence-electron chi connectivity index (χ3n) is 4.68. The average molecular weight is 412 g/mol. The zero-order chi connectivity index (χ0) is 20.0. The van der Waals surface area contributed by atoms with Gasteiger partial charge in [0.05, 0.1) is 23.3 Å². The molecular weight excluding hydrogens is 398 g/mol. The summed E-state index contributed by atoms with van der Waals surface area (Å²) in [6, 6.07) is 10.5. The first kappa shape index (κ1) is 17.7. The number of amides is 1. The van der Waals surface area contributed by atoms with Crippen molar-refractivity contribution in [2.75, 3.05) is 11.9 Å². The van der Waals surface area contributed by atoms with E-state index in [4.69, 9.17) is 4.74 Å². The second-order valence-electron chi connectivity index (χ2n) is 6.57. The topological polar surface area (TPSA) is 79.9 Å². The number of H-pyrrole nitrogens is 1. The van der Waals surface area contributed by atoms with E-state index in [9.17, 15) is 13.6 Å². The standard InChI is InChI=1S/C20H14F2N4O2S/c21-17(22)18-23-13-3-1-12(8-14(13)24-18)19(27)26-20-25-15(9-29-20)10-2-4-16-11(7-10)5-6-28-16/h1-4,7-9,17H,5-6H2,(H,23,24)(H,25,26,27). The largest absolute Gasteiger partial charge is 0.493 e. The second-order valence-corrected chi connectivity index (χ2v) is 7.43. The number of hydrogen-bond acceptors (Lipinski definition) is 5. The molecule has 0 bridgehead atoms. The summed E-state index contributed by atoms with van der Waals surface area (Å²) in [5.74, 6) is 0.118. The first-order chi connectivity index (χ1) is 14.1. The van der Waals surface area contributed by atoms with Crippen LogP contribution in [0, 0.1) is 0 Å². The zero-order valence-electron chi connectivity index (χ0n) is 14.9. The maximum Gasteiger partial charge on any atom is 0.295 e. The Hall–Kier alpha value is -3.33. The van der Waals surface area contributed by atoms with Gasteiger partial charge in [-0.25, -0.2) is 18.7 Å². The summed E-state index contributed by atoms with van der Waals surface area (Å²) in [5.41, 5.74) is 3.97. The number of thiazole rings is 1. The lowest BCUT2D eigenvalue weighted by atomic mass is 10.1. The molecule has 146 valence electrons. The molecular formula is C20H14F2N4O2S. The third kappa shape index (κ3) is 3.33. The molecule has 3 heterocycles. The van der Waals surface area contributed by atoms with Crippen molar-refractivity contribution in [2.45, 2.75) is 12.8 Å². The number of nitrogens with zero attached hydrogens (tertiary/aromatic N) is 2. The number of ether oxygens (including phenoxy) is 1. The molecule has 2 aromatic heterocycles. The van der Waals surface area contributed by atoms with Crippen LogP contribution in [0.1, 0.15) is 28.2 Å². The van der Waals surface area contributed by atoms with Crippen LogP contribution in [0.5, 0.6) is 5.75 Å². The van der Waals surface area contributed by atoms with Gasteiger partial charge in [0.1, 0.15) is 5.75 Å². The molecule has 1 aliphatic rings. The van der Waals surface area contributed by atoms with Gasteiger partial charge in [-0.2, -0.15) is 0 Å². The highest BCUT2D eigenvalue weighted by molar-refractivity contribution is 7.14. The van der Waals surface area contributed by atoms with Gasteiger partial charge >= 0.3 is 0 Å². The summed E-state index contributed by atoms with van der Waals surface area (Å²) in [5, 5.41) is 5.09. The number of rotatable bonds is 4. The van der Waals surface area contributed by atoms with Gasteiger partial charge in [-0.05, 0) is 42.0 Å². The van der Waals surface area contributed by atoms with Gasteiger partial charge in [0.25, 0.3) is 12.3 Å². The summed E-state index contributed by atoms with van der Waals surface area (Å²) in [7, 11) is 0. The van der Waals surface area contributed by atoms with Gasteiger partial charge in [-0.15, -0.1) is 11.3 Å². The number of nitrogens with one attached hydrogen (secondary N) is 2. The highest BCUT2D eigenvalue weighted by Crippen LogP contribution is 2.32. The van der Waals surface area contributed by atoms with Crippen molar-refractivity contribution in [1.82, 2.24) is 15.0 Å². The Kier molecular flexibility index (Phi) is 4.24. The number of aromatic amines is 1. The van der Waals surface area contributed by atoms with Gasteiger partial charge in [0, 0.05) is 22.9 Å². The van der Waals surface area contributed by atoms with E-state index in [0.29, 0.717) is 28.3 Å². The Labute approximate surface area is 167 Å². The van der Waals surface area contributed by atoms with Gasteiger partial charge in [0.2, 0.25) is 0 Å². The van der Waals surface area contributed by atoms with Crippen LogP contribution in [-0.4, -0.2) is 27.5 Å². The predicted octanol–water partition coefficient (Wildman–Crippen LogP) is 4.81. The van der Waals surface area contributed by atoms with E-state index in [2.05, 4.69) is 26.3 Å². The second kappa shape index (κ2) is 6.93. The molecule has 29 heavy (non-hydrogen) atoms. The molecule has 0 radical (unpaired) electrons. The van der Waals surface area contributed by atoms with Crippen molar-refractivity contribution in [2.24, 2.45) is 0 Å². The Morgan fingerprint density at radius 1 is 1.21 bits per heavy atom. The molecule has 1 amide bonds. The van der Waals surface area contributed by atoms with Crippen molar-refractivity contribution in [3.63, 3.8) is 0 Å². The summed E-state index contributed by atoms with van der Waals surface area (Å²) < 4.78 is 31.1. The predicted molar refractivity (Wildman–Crippen MR) is 106 cm³/mol. The first-order valence-electron chi connectivity index (χ1n) is 8.87. The fraction of sp³-hybridized carbons (Fsp3) is 0.150. The van der Waals surface area contributed by atoms with Crippen molar-refractivity contribution >= 4 is 33.4 Å². The van der Waals surface area contributed by atoms with Crippen LogP contribution in [0.25, 0.3) is 22.3 Å². The van der Waals surface area contributed by atoms with Crippen LogP contribution < -0.4 is 10.1 Å². The SMILES string of the molecule is O=C(Nc1nc(-c2ccc3c(c2)CCO3)cs1)c1ccc2nc(C(F)F)[nH]c2c1. The first-order valence-corrected chi connectivity index (χ1v) is 9.75. The minimum Gasteiger partial charge on any atom is -0.493 e. The fourth-order valence-corrected chi connectivity index (χ4v) is 3.97. The average Bonchev–Trinajstić information content (AvgIpc) is 3.45. The van der Waals surface area contributed by atoms with Crippen LogP contribution in [0.4, 0.5) is 13.9 Å². The molecule has 0 aliphatic carbocycles. The number of alkyl halides is 2. The Bertz CT molecular complexity index is 1230. The number of hydrogen-bond donors (Lipinski definition) is 2. The minimum absolute atomic E-state index is 0.327. The van der Waals surface area contributed by atoms with Crippen molar-refractivity contribution < 1.29 is 18.3 Å². The molecule has 0 unspecified atom stereocenters. The molecule has 9 heteroatoms. The summed E-state index contributed by atoms with van der Waals surface area (Å²) in [4.78, 5) is 23.4. The molecule has 2 N–H and O–H groups in total. The smallest absolute Gasteiger partial charge is 0.295 e. The monoisotopic (exact) mass is 412 g/mol. The molecule has 0 saturated carbocycles. The Morgan fingerprint density at radius 2 is 2.10 bits per heavy atom. The van der Waals surface area contributed by atoms with Crippen LogP contribution in [0.3, 0.4) is 0 Å². The quantitative estimate of drug-likeness (QED) is 0.504. The lowest BCUT2D eigenvalue weighted by Gasteiger charge is -2.02. The number of imidazole rings is 1. The van der Waals surface area contributed by atoms with E-state index in [1.165, 1.54) is 23.5 Å². The van der Waals surface area contributed by atoms with E-state index >= 15 is 0 Å². The summed E-state index contributed by atoms with van der Waals surface area (Å²) in [6.45, 7) is 0.691. The van der Waals surface area contributed by atoms with Crippen LogP contribution >= 0.6 is 11.3 Å². The number of halogens is 2. The van der Waals surface area contributed by atoms with E-state index in [1.54, 1.807) is 6.07 Å². The van der Waals surface area contributed by atoms with E-state index < -0.39 is 12.2 Å². The van der Waals surface area contributed by atoms with Gasteiger partial charge < -0.3 is 9.72 Å². The summed E-state index contributed by atoms with van der Waals surface area (Å²) in [6.07, 6.45) is -1.82. The number of carbonyl (C=O) groups is 1. The van der Waals surface area contributed by atoms with Crippen LogP contribution in [0.15, 0.2) is 41.8 Å². The maximum absolute atomic E-state index is 12.8. The van der Waals surface area contributed by atoms with Gasteiger partial charge in [0.15, 0.2) is 11.0 Å². The zero-order valence-corrected chi connectivity index (χ0v) is 15.7. The third-order valence-corrected chi connectivity index (χ3v) is 5.44. The molecule has 0 fully saturated rings. The van der Waals surface area contributed by atoms with Gasteiger partial charge in [-0.1, -0.05) is 0 Å². The van der Waals surface area contributed by atoms with Crippen molar-refractivity contribution in [3.8, 4) is 17.0 Å². The van der Waals surface area contributed by atoms with E-state index in [1.807, 2.05) is 17.5 Å². The Balaban J connectivity index is 1.35. The van der Waals surface area contributed by atoms with E-state index in [-0.39, 0.29) is 5.91 Å². The van der Waals surface area contributed by atoms with Crippen LogP contribution in [-0.2, 0) is 6.42 Å². The van der Waals surface area contributed by atoms with Gasteiger partial charge in [-0.3, -0.25) is 10.1 Å². The van der Waals surface area contributed by atoms with E-state index in [0.717, 1.165) is 29.0 Å². The fourth-order valence-electron chi connectivity index (χ4n) is 3.25. The molecule has 5 rings (SSSR count).